The molecule has 2 N–H and O–H groups in total. The van der Waals surface area contributed by atoms with E-state index in [1.165, 1.54) is 12.4 Å². The highest BCUT2D eigenvalue weighted by Crippen LogP contribution is 2.30. The number of fused-ring (bicyclic) bond motifs is 2. The maximum atomic E-state index is 12.1. The first-order valence-electron chi connectivity index (χ1n) is 7.64. The van der Waals surface area contributed by atoms with Crippen LogP contribution in [-0.4, -0.2) is 42.1 Å². The Kier molecular flexibility index (Phi) is 3.30. The second kappa shape index (κ2) is 5.48. The van der Waals surface area contributed by atoms with Gasteiger partial charge in [-0.25, -0.2) is 9.97 Å². The van der Waals surface area contributed by atoms with Crippen molar-refractivity contribution in [3.05, 3.63) is 48.7 Å². The lowest BCUT2D eigenvalue weighted by Gasteiger charge is -2.33. The first kappa shape index (κ1) is 14.4. The number of aromatic nitrogens is 5. The Hall–Kier alpha value is -3.16. The highest BCUT2D eigenvalue weighted by atomic mass is 16.2. The molecule has 3 aromatic rings. The predicted octanol–water partition coefficient (Wildman–Crippen LogP) is 1.37. The van der Waals surface area contributed by atoms with Crippen molar-refractivity contribution in [3.63, 3.8) is 0 Å². The summed E-state index contributed by atoms with van der Waals surface area (Å²) < 4.78 is 1.85. The maximum absolute atomic E-state index is 12.1. The molecule has 0 spiro atoms. The Labute approximate surface area is 138 Å². The monoisotopic (exact) mass is 323 g/mol. The predicted molar refractivity (Wildman–Crippen MR) is 89.1 cm³/mol. The van der Waals surface area contributed by atoms with Crippen molar-refractivity contribution in [2.24, 2.45) is 7.05 Å². The topological polar surface area (TPSA) is 91.7 Å². The molecule has 0 radical (unpaired) electrons. The molecule has 8 heteroatoms. The Morgan fingerprint density at radius 3 is 3.21 bits per heavy atom. The standard InChI is InChI=1S/C16H17N7O/c1-3-13(24)23-7-10-6-20-22(2)14(10)12(8-23)21-16-11-4-5-17-15(11)18-9-19-16/h3-6,9,12H,1,7-8H2,2H3,(H2,17,18,19,21). The van der Waals surface area contributed by atoms with Gasteiger partial charge in [-0.2, -0.15) is 5.10 Å². The number of anilines is 1. The summed E-state index contributed by atoms with van der Waals surface area (Å²) in [5, 5.41) is 8.69. The van der Waals surface area contributed by atoms with Gasteiger partial charge >= 0.3 is 0 Å². The van der Waals surface area contributed by atoms with Crippen LogP contribution in [0.15, 0.2) is 37.4 Å². The number of H-pyrrole nitrogens is 1. The SMILES string of the molecule is C=CC(=O)N1Cc2cnn(C)c2C(Nc2ncnc3[nH]ccc23)C1. The van der Waals surface area contributed by atoms with E-state index in [1.807, 2.05) is 24.0 Å². The van der Waals surface area contributed by atoms with Crippen LogP contribution in [0.3, 0.4) is 0 Å². The molecule has 122 valence electrons. The molecule has 1 aliphatic rings. The molecule has 8 nitrogen and oxygen atoms in total. The molecular weight excluding hydrogens is 306 g/mol. The van der Waals surface area contributed by atoms with E-state index in [2.05, 4.69) is 31.9 Å². The fourth-order valence-corrected chi connectivity index (χ4v) is 3.20. The van der Waals surface area contributed by atoms with Crippen molar-refractivity contribution in [2.45, 2.75) is 12.6 Å². The molecule has 1 amide bonds. The third kappa shape index (κ3) is 2.23. The number of aryl methyl sites for hydroxylation is 1. The number of hydrogen-bond acceptors (Lipinski definition) is 5. The van der Waals surface area contributed by atoms with Gasteiger partial charge < -0.3 is 15.2 Å². The fourth-order valence-electron chi connectivity index (χ4n) is 3.20. The van der Waals surface area contributed by atoms with Crippen LogP contribution in [0.25, 0.3) is 11.0 Å². The smallest absolute Gasteiger partial charge is 0.246 e. The van der Waals surface area contributed by atoms with E-state index in [9.17, 15) is 4.79 Å². The van der Waals surface area contributed by atoms with Crippen LogP contribution >= 0.6 is 0 Å². The van der Waals surface area contributed by atoms with Crippen molar-refractivity contribution in [3.8, 4) is 0 Å². The van der Waals surface area contributed by atoms with Crippen LogP contribution in [0.5, 0.6) is 0 Å². The molecule has 24 heavy (non-hydrogen) atoms. The summed E-state index contributed by atoms with van der Waals surface area (Å²) >= 11 is 0. The summed E-state index contributed by atoms with van der Waals surface area (Å²) in [6.45, 7) is 4.64. The van der Waals surface area contributed by atoms with E-state index in [-0.39, 0.29) is 11.9 Å². The van der Waals surface area contributed by atoms with Crippen molar-refractivity contribution >= 4 is 22.8 Å². The van der Waals surface area contributed by atoms with Gasteiger partial charge in [0.25, 0.3) is 0 Å². The highest BCUT2D eigenvalue weighted by molar-refractivity contribution is 5.88. The van der Waals surface area contributed by atoms with Gasteiger partial charge in [0, 0.05) is 31.9 Å². The Balaban J connectivity index is 1.73. The summed E-state index contributed by atoms with van der Waals surface area (Å²) in [7, 11) is 1.91. The van der Waals surface area contributed by atoms with Gasteiger partial charge in [0.1, 0.15) is 17.8 Å². The van der Waals surface area contributed by atoms with Crippen LogP contribution in [-0.2, 0) is 18.4 Å². The van der Waals surface area contributed by atoms with Crippen molar-refractivity contribution in [1.29, 1.82) is 0 Å². The molecule has 1 atom stereocenters. The maximum Gasteiger partial charge on any atom is 0.246 e. The largest absolute Gasteiger partial charge is 0.359 e. The third-order valence-corrected chi connectivity index (χ3v) is 4.31. The average Bonchev–Trinajstić information content (AvgIpc) is 3.21. The first-order valence-corrected chi connectivity index (χ1v) is 7.64. The number of nitrogens with one attached hydrogen (secondary N) is 2. The fraction of sp³-hybridized carbons (Fsp3) is 0.250. The lowest BCUT2D eigenvalue weighted by Crippen LogP contribution is -2.40. The second-order valence-electron chi connectivity index (χ2n) is 5.76. The minimum atomic E-state index is -0.113. The molecule has 3 aromatic heterocycles. The Morgan fingerprint density at radius 2 is 2.38 bits per heavy atom. The van der Waals surface area contributed by atoms with Gasteiger partial charge in [0.2, 0.25) is 5.91 Å². The Morgan fingerprint density at radius 1 is 1.50 bits per heavy atom. The van der Waals surface area contributed by atoms with E-state index < -0.39 is 0 Å². The van der Waals surface area contributed by atoms with Gasteiger partial charge in [-0.3, -0.25) is 9.48 Å². The lowest BCUT2D eigenvalue weighted by molar-refractivity contribution is -0.127. The molecule has 1 aliphatic heterocycles. The number of nitrogens with zero attached hydrogens (tertiary/aromatic N) is 5. The molecule has 0 bridgehead atoms. The normalized spacial score (nSPS) is 16.9. The summed E-state index contributed by atoms with van der Waals surface area (Å²) in [4.78, 5) is 25.5. The van der Waals surface area contributed by atoms with Gasteiger partial charge in [-0.15, -0.1) is 0 Å². The number of amides is 1. The molecule has 4 rings (SSSR count). The Bertz CT molecular complexity index is 926. The average molecular weight is 323 g/mol. The number of rotatable bonds is 3. The van der Waals surface area contributed by atoms with Gasteiger partial charge in [0.15, 0.2) is 0 Å². The molecule has 0 fully saturated rings. The zero-order valence-electron chi connectivity index (χ0n) is 13.2. The molecule has 0 saturated heterocycles. The lowest BCUT2D eigenvalue weighted by atomic mass is 10.0. The summed E-state index contributed by atoms with van der Waals surface area (Å²) in [5.74, 6) is 0.636. The van der Waals surface area contributed by atoms with Crippen molar-refractivity contribution < 1.29 is 4.79 Å². The van der Waals surface area contributed by atoms with Gasteiger partial charge in [-0.05, 0) is 12.1 Å². The molecule has 0 aliphatic carbocycles. The zero-order chi connectivity index (χ0) is 16.7. The summed E-state index contributed by atoms with van der Waals surface area (Å²) in [5.41, 5.74) is 2.86. The molecule has 0 aromatic carbocycles. The van der Waals surface area contributed by atoms with E-state index in [0.717, 1.165) is 28.1 Å². The zero-order valence-corrected chi connectivity index (χ0v) is 13.2. The summed E-state index contributed by atoms with van der Waals surface area (Å²) in [6, 6.07) is 1.82. The minimum absolute atomic E-state index is 0.0919. The van der Waals surface area contributed by atoms with Gasteiger partial charge in [-0.1, -0.05) is 6.58 Å². The van der Waals surface area contributed by atoms with Gasteiger partial charge in [0.05, 0.1) is 23.3 Å². The van der Waals surface area contributed by atoms with Crippen molar-refractivity contribution in [2.75, 3.05) is 11.9 Å². The number of carbonyl (C=O) groups is 1. The van der Waals surface area contributed by atoms with Crippen LogP contribution in [0.2, 0.25) is 0 Å². The number of carbonyl (C=O) groups excluding carboxylic acids is 1. The van der Waals surface area contributed by atoms with E-state index in [0.29, 0.717) is 13.1 Å². The van der Waals surface area contributed by atoms with Crippen LogP contribution in [0.4, 0.5) is 5.82 Å². The van der Waals surface area contributed by atoms with Crippen molar-refractivity contribution in [1.82, 2.24) is 29.6 Å². The number of aromatic amines is 1. The second-order valence-corrected chi connectivity index (χ2v) is 5.76. The molecular formula is C16H17N7O. The van der Waals surface area contributed by atoms with E-state index in [4.69, 9.17) is 0 Å². The van der Waals surface area contributed by atoms with E-state index in [1.54, 1.807) is 11.1 Å². The highest BCUT2D eigenvalue weighted by Gasteiger charge is 2.30. The number of hydrogen-bond donors (Lipinski definition) is 2. The minimum Gasteiger partial charge on any atom is -0.359 e. The third-order valence-electron chi connectivity index (χ3n) is 4.31. The first-order chi connectivity index (χ1) is 11.7. The van der Waals surface area contributed by atoms with Crippen LogP contribution < -0.4 is 5.32 Å². The van der Waals surface area contributed by atoms with Crippen LogP contribution in [0.1, 0.15) is 17.3 Å². The molecule has 4 heterocycles. The molecule has 0 saturated carbocycles. The quantitative estimate of drug-likeness (QED) is 0.710. The molecule has 1 unspecified atom stereocenters. The van der Waals surface area contributed by atoms with E-state index >= 15 is 0 Å². The van der Waals surface area contributed by atoms with Crippen LogP contribution in [0, 0.1) is 0 Å². The summed E-state index contributed by atoms with van der Waals surface area (Å²) in [6.07, 6.45) is 6.49.